The van der Waals surface area contributed by atoms with Gasteiger partial charge in [-0.05, 0) is 38.4 Å². The van der Waals surface area contributed by atoms with Gasteiger partial charge in [0, 0.05) is 18.2 Å². The van der Waals surface area contributed by atoms with Crippen molar-refractivity contribution < 1.29 is 4.92 Å². The Kier molecular flexibility index (Phi) is 3.19. The van der Waals surface area contributed by atoms with Gasteiger partial charge < -0.3 is 4.90 Å². The fourth-order valence-corrected chi connectivity index (χ4v) is 2.26. The quantitative estimate of drug-likeness (QED) is 0.579. The zero-order chi connectivity index (χ0) is 11.5. The Morgan fingerprint density at radius 2 is 2.12 bits per heavy atom. The SMILES string of the molecule is CN1CCCC1Cc1ccc([N+](=O)[O-])cc1. The van der Waals surface area contributed by atoms with Crippen LogP contribution in [0.15, 0.2) is 24.3 Å². The van der Waals surface area contributed by atoms with Gasteiger partial charge in [-0.15, -0.1) is 0 Å². The van der Waals surface area contributed by atoms with E-state index in [1.165, 1.54) is 18.4 Å². The summed E-state index contributed by atoms with van der Waals surface area (Å²) in [5, 5.41) is 10.5. The molecule has 1 saturated heterocycles. The molecule has 1 aliphatic heterocycles. The van der Waals surface area contributed by atoms with Crippen LogP contribution in [0.25, 0.3) is 0 Å². The van der Waals surface area contributed by atoms with Gasteiger partial charge in [-0.25, -0.2) is 0 Å². The molecule has 0 bridgehead atoms. The van der Waals surface area contributed by atoms with Crippen LogP contribution in [-0.4, -0.2) is 29.5 Å². The number of rotatable bonds is 3. The van der Waals surface area contributed by atoms with Crippen molar-refractivity contribution in [3.05, 3.63) is 39.9 Å². The van der Waals surface area contributed by atoms with Crippen LogP contribution < -0.4 is 0 Å². The van der Waals surface area contributed by atoms with Gasteiger partial charge in [0.15, 0.2) is 0 Å². The van der Waals surface area contributed by atoms with E-state index in [9.17, 15) is 10.1 Å². The maximum Gasteiger partial charge on any atom is 0.269 e. The Morgan fingerprint density at radius 3 is 2.62 bits per heavy atom. The molecule has 1 unspecified atom stereocenters. The number of hydrogen-bond donors (Lipinski definition) is 0. The van der Waals surface area contributed by atoms with Crippen LogP contribution in [0.2, 0.25) is 0 Å². The molecule has 86 valence electrons. The molecule has 1 heterocycles. The van der Waals surface area contributed by atoms with Crippen molar-refractivity contribution in [1.82, 2.24) is 4.90 Å². The van der Waals surface area contributed by atoms with Crippen molar-refractivity contribution in [2.24, 2.45) is 0 Å². The van der Waals surface area contributed by atoms with E-state index in [0.29, 0.717) is 6.04 Å². The van der Waals surface area contributed by atoms with E-state index in [0.717, 1.165) is 13.0 Å². The first kappa shape index (κ1) is 11.1. The van der Waals surface area contributed by atoms with Crippen LogP contribution in [0.4, 0.5) is 5.69 Å². The highest BCUT2D eigenvalue weighted by molar-refractivity contribution is 5.33. The van der Waals surface area contributed by atoms with E-state index in [4.69, 9.17) is 0 Å². The summed E-state index contributed by atoms with van der Waals surface area (Å²) in [5.41, 5.74) is 1.35. The molecule has 1 aromatic rings. The molecular weight excluding hydrogens is 204 g/mol. The van der Waals surface area contributed by atoms with Crippen molar-refractivity contribution in [3.63, 3.8) is 0 Å². The smallest absolute Gasteiger partial charge is 0.269 e. The second-order valence-electron chi connectivity index (χ2n) is 4.40. The first-order valence-electron chi connectivity index (χ1n) is 5.60. The number of nitrogens with zero attached hydrogens (tertiary/aromatic N) is 2. The van der Waals surface area contributed by atoms with Crippen LogP contribution in [0.5, 0.6) is 0 Å². The van der Waals surface area contributed by atoms with Crippen LogP contribution in [-0.2, 0) is 6.42 Å². The van der Waals surface area contributed by atoms with Crippen LogP contribution in [0, 0.1) is 10.1 Å². The van der Waals surface area contributed by atoms with Crippen molar-refractivity contribution in [1.29, 1.82) is 0 Å². The average molecular weight is 220 g/mol. The molecule has 0 saturated carbocycles. The lowest BCUT2D eigenvalue weighted by atomic mass is 10.0. The summed E-state index contributed by atoms with van der Waals surface area (Å²) in [7, 11) is 2.14. The normalized spacial score (nSPS) is 21.2. The Bertz CT molecular complexity index is 375. The Balaban J connectivity index is 2.02. The lowest BCUT2D eigenvalue weighted by Gasteiger charge is -2.19. The number of likely N-dealkylation sites (N-methyl/N-ethyl adjacent to an activating group) is 1. The second kappa shape index (κ2) is 4.61. The molecule has 0 N–H and O–H groups in total. The topological polar surface area (TPSA) is 46.4 Å². The fourth-order valence-electron chi connectivity index (χ4n) is 2.26. The van der Waals surface area contributed by atoms with Gasteiger partial charge in [-0.1, -0.05) is 12.1 Å². The van der Waals surface area contributed by atoms with Gasteiger partial charge in [-0.3, -0.25) is 10.1 Å². The summed E-state index contributed by atoms with van der Waals surface area (Å²) in [6.07, 6.45) is 3.48. The van der Waals surface area contributed by atoms with Gasteiger partial charge in [-0.2, -0.15) is 0 Å². The molecule has 1 aromatic carbocycles. The third-order valence-electron chi connectivity index (χ3n) is 3.29. The van der Waals surface area contributed by atoms with Gasteiger partial charge in [0.2, 0.25) is 0 Å². The minimum atomic E-state index is -0.356. The van der Waals surface area contributed by atoms with Gasteiger partial charge >= 0.3 is 0 Å². The number of benzene rings is 1. The highest BCUT2D eigenvalue weighted by Gasteiger charge is 2.20. The van der Waals surface area contributed by atoms with Crippen molar-refractivity contribution in [2.45, 2.75) is 25.3 Å². The zero-order valence-corrected chi connectivity index (χ0v) is 9.43. The number of hydrogen-bond acceptors (Lipinski definition) is 3. The average Bonchev–Trinajstić information content (AvgIpc) is 2.65. The molecule has 0 amide bonds. The first-order chi connectivity index (χ1) is 7.66. The predicted molar refractivity (Wildman–Crippen MR) is 62.5 cm³/mol. The van der Waals surface area contributed by atoms with E-state index < -0.39 is 0 Å². The number of likely N-dealkylation sites (tertiary alicyclic amines) is 1. The molecular formula is C12H16N2O2. The Labute approximate surface area is 95.0 Å². The molecule has 1 fully saturated rings. The van der Waals surface area contributed by atoms with Gasteiger partial charge in [0.05, 0.1) is 4.92 Å². The van der Waals surface area contributed by atoms with Crippen molar-refractivity contribution in [3.8, 4) is 0 Å². The van der Waals surface area contributed by atoms with Crippen molar-refractivity contribution in [2.75, 3.05) is 13.6 Å². The maximum absolute atomic E-state index is 10.5. The largest absolute Gasteiger partial charge is 0.303 e. The van der Waals surface area contributed by atoms with E-state index in [1.807, 2.05) is 12.1 Å². The molecule has 0 aromatic heterocycles. The molecule has 0 radical (unpaired) electrons. The lowest BCUT2D eigenvalue weighted by molar-refractivity contribution is -0.384. The summed E-state index contributed by atoms with van der Waals surface area (Å²) in [4.78, 5) is 12.5. The lowest BCUT2D eigenvalue weighted by Crippen LogP contribution is -2.26. The van der Waals surface area contributed by atoms with Crippen LogP contribution >= 0.6 is 0 Å². The number of non-ortho nitro benzene ring substituents is 1. The monoisotopic (exact) mass is 220 g/mol. The predicted octanol–water partition coefficient (Wildman–Crippen LogP) is 2.23. The third kappa shape index (κ3) is 2.39. The third-order valence-corrected chi connectivity index (χ3v) is 3.29. The van der Waals surface area contributed by atoms with E-state index in [1.54, 1.807) is 12.1 Å². The minimum Gasteiger partial charge on any atom is -0.303 e. The summed E-state index contributed by atoms with van der Waals surface area (Å²) in [5.74, 6) is 0. The molecule has 1 aliphatic rings. The maximum atomic E-state index is 10.5. The second-order valence-corrected chi connectivity index (χ2v) is 4.40. The standard InChI is InChI=1S/C12H16N2O2/c1-13-8-2-3-12(13)9-10-4-6-11(7-5-10)14(15)16/h4-7,12H,2-3,8-9H2,1H3. The molecule has 0 spiro atoms. The van der Waals surface area contributed by atoms with Gasteiger partial charge in [0.1, 0.15) is 0 Å². The highest BCUT2D eigenvalue weighted by atomic mass is 16.6. The van der Waals surface area contributed by atoms with E-state index >= 15 is 0 Å². The fraction of sp³-hybridized carbons (Fsp3) is 0.500. The van der Waals surface area contributed by atoms with E-state index in [-0.39, 0.29) is 10.6 Å². The highest BCUT2D eigenvalue weighted by Crippen LogP contribution is 2.20. The summed E-state index contributed by atoms with van der Waals surface area (Å²) < 4.78 is 0. The molecule has 16 heavy (non-hydrogen) atoms. The Morgan fingerprint density at radius 1 is 1.44 bits per heavy atom. The number of nitro benzene ring substituents is 1. The summed E-state index contributed by atoms with van der Waals surface area (Å²) in [6.45, 7) is 1.16. The van der Waals surface area contributed by atoms with Gasteiger partial charge in [0.25, 0.3) is 5.69 Å². The minimum absolute atomic E-state index is 0.170. The van der Waals surface area contributed by atoms with Crippen LogP contribution in [0.3, 0.4) is 0 Å². The van der Waals surface area contributed by atoms with Crippen LogP contribution in [0.1, 0.15) is 18.4 Å². The Hall–Kier alpha value is -1.42. The molecule has 2 rings (SSSR count). The number of nitro groups is 1. The molecule has 4 nitrogen and oxygen atoms in total. The summed E-state index contributed by atoms with van der Waals surface area (Å²) in [6, 6.07) is 7.50. The van der Waals surface area contributed by atoms with Crippen molar-refractivity contribution >= 4 is 5.69 Å². The molecule has 1 atom stereocenters. The van der Waals surface area contributed by atoms with E-state index in [2.05, 4.69) is 11.9 Å². The first-order valence-corrected chi connectivity index (χ1v) is 5.60. The molecule has 0 aliphatic carbocycles. The summed E-state index contributed by atoms with van der Waals surface area (Å²) >= 11 is 0. The molecule has 4 heteroatoms. The zero-order valence-electron chi connectivity index (χ0n) is 9.43.